The number of amides is 1. The molecule has 2 saturated heterocycles. The van der Waals surface area contributed by atoms with Crippen molar-refractivity contribution in [1.82, 2.24) is 9.88 Å². The third-order valence-electron chi connectivity index (χ3n) is 6.68. The van der Waals surface area contributed by atoms with E-state index in [2.05, 4.69) is 4.98 Å². The molecule has 1 aromatic carbocycles. The summed E-state index contributed by atoms with van der Waals surface area (Å²) >= 11 is 0. The standard InChI is InChI=1S/C25H28FN3O6/c1-14-18(15(2)27-20(14)25(33)34-3)22(30)19-21(16-4-6-17(26)7-5-16)29(24(32)23(19)31)9-8-28-10-12-35-13-11-28/h4-7,21,27,30H,8-13H2,1-3H3. The number of likely N-dealkylation sites (tertiary alicyclic amines) is 1. The number of aryl methyl sites for hydroxylation is 1. The van der Waals surface area contributed by atoms with E-state index in [-0.39, 0.29) is 23.4 Å². The molecule has 2 N–H and O–H groups in total. The number of H-pyrrole nitrogens is 1. The van der Waals surface area contributed by atoms with E-state index in [9.17, 15) is 23.9 Å². The monoisotopic (exact) mass is 485 g/mol. The Hall–Kier alpha value is -3.50. The number of hydrogen-bond donors (Lipinski definition) is 2. The summed E-state index contributed by atoms with van der Waals surface area (Å²) in [5, 5.41) is 13.8. The number of benzene rings is 1. The number of carbonyl (C=O) groups excluding carboxylic acids is 3. The summed E-state index contributed by atoms with van der Waals surface area (Å²) in [6, 6.07) is 4.46. The molecule has 0 radical (unpaired) electrons. The van der Waals surface area contributed by atoms with Crippen LogP contribution < -0.4 is 10.0 Å². The normalized spacial score (nSPS) is 20.5. The van der Waals surface area contributed by atoms with Crippen LogP contribution in [0, 0.1) is 19.7 Å². The van der Waals surface area contributed by atoms with Crippen molar-refractivity contribution in [3.05, 3.63) is 63.7 Å². The molecule has 1 amide bonds. The van der Waals surface area contributed by atoms with Crippen LogP contribution in [-0.4, -0.2) is 74.0 Å². The number of carbonyl (C=O) groups is 3. The van der Waals surface area contributed by atoms with E-state index in [1.165, 1.54) is 41.2 Å². The molecular formula is C25H28FN3O6. The van der Waals surface area contributed by atoms with Crippen molar-refractivity contribution in [3.63, 3.8) is 0 Å². The van der Waals surface area contributed by atoms with E-state index in [4.69, 9.17) is 9.47 Å². The summed E-state index contributed by atoms with van der Waals surface area (Å²) in [5.41, 5.74) is 1.23. The largest absolute Gasteiger partial charge is 0.872 e. The minimum Gasteiger partial charge on any atom is -0.872 e. The van der Waals surface area contributed by atoms with Gasteiger partial charge in [-0.15, -0.1) is 0 Å². The molecule has 0 spiro atoms. The highest BCUT2D eigenvalue weighted by molar-refractivity contribution is 6.46. The van der Waals surface area contributed by atoms with Crippen molar-refractivity contribution in [2.75, 3.05) is 46.5 Å². The number of aromatic nitrogens is 1. The lowest BCUT2D eigenvalue weighted by molar-refractivity contribution is -0.907. The van der Waals surface area contributed by atoms with E-state index < -0.39 is 35.3 Å². The number of nitrogens with zero attached hydrogens (tertiary/aromatic N) is 1. The van der Waals surface area contributed by atoms with Crippen LogP contribution in [0.4, 0.5) is 4.39 Å². The Balaban J connectivity index is 1.79. The molecule has 2 fully saturated rings. The number of Topliss-reactive ketones (excluding diaryl/α,β-unsaturated/α-hetero) is 1. The second-order valence-corrected chi connectivity index (χ2v) is 8.75. The number of halogens is 1. The van der Waals surface area contributed by atoms with Gasteiger partial charge in [0, 0.05) is 11.3 Å². The number of methoxy groups -OCH3 is 1. The Morgan fingerprint density at radius 2 is 1.89 bits per heavy atom. The van der Waals surface area contributed by atoms with Crippen LogP contribution in [0.2, 0.25) is 0 Å². The van der Waals surface area contributed by atoms with Crippen molar-refractivity contribution >= 4 is 23.4 Å². The number of ketones is 1. The molecule has 0 bridgehead atoms. The average Bonchev–Trinajstić information content (AvgIpc) is 3.30. The maximum absolute atomic E-state index is 13.8. The van der Waals surface area contributed by atoms with Gasteiger partial charge in [0.15, 0.2) is 0 Å². The molecule has 4 rings (SSSR count). The fourth-order valence-corrected chi connectivity index (χ4v) is 4.81. The number of morpholine rings is 1. The van der Waals surface area contributed by atoms with Gasteiger partial charge in [-0.2, -0.15) is 0 Å². The second kappa shape index (κ2) is 10.0. The van der Waals surface area contributed by atoms with Crippen LogP contribution in [0.15, 0.2) is 29.8 Å². The van der Waals surface area contributed by atoms with Crippen LogP contribution in [0.1, 0.15) is 38.9 Å². The van der Waals surface area contributed by atoms with Gasteiger partial charge in [0.1, 0.15) is 24.6 Å². The van der Waals surface area contributed by atoms with E-state index in [1.54, 1.807) is 13.8 Å². The number of ether oxygens (including phenoxy) is 2. The zero-order valence-electron chi connectivity index (χ0n) is 19.9. The maximum Gasteiger partial charge on any atom is 0.354 e. The SMILES string of the molecule is COC(=O)c1[nH]c(C)c(C([O-])=C2C(=O)C(=O)N(CC[NH+]3CCOCC3)C2c2ccc(F)cc2)c1C. The number of nitrogens with one attached hydrogen (secondary N) is 2. The number of quaternary nitrogens is 1. The van der Waals surface area contributed by atoms with Crippen molar-refractivity contribution in [2.45, 2.75) is 19.9 Å². The third kappa shape index (κ3) is 4.59. The highest BCUT2D eigenvalue weighted by Gasteiger charge is 2.44. The average molecular weight is 486 g/mol. The summed E-state index contributed by atoms with van der Waals surface area (Å²) < 4.78 is 23.8. The molecule has 35 heavy (non-hydrogen) atoms. The number of rotatable bonds is 6. The Morgan fingerprint density at radius 3 is 2.51 bits per heavy atom. The molecule has 1 unspecified atom stereocenters. The van der Waals surface area contributed by atoms with Crippen LogP contribution in [0.3, 0.4) is 0 Å². The Labute approximate surface area is 202 Å². The number of hydrogen-bond acceptors (Lipinski definition) is 6. The lowest BCUT2D eigenvalue weighted by Gasteiger charge is -2.30. The van der Waals surface area contributed by atoms with E-state index in [0.717, 1.165) is 13.1 Å². The molecule has 0 saturated carbocycles. The van der Waals surface area contributed by atoms with E-state index in [1.807, 2.05) is 0 Å². The Kier molecular flexibility index (Phi) is 7.04. The molecule has 2 aliphatic heterocycles. The van der Waals surface area contributed by atoms with Gasteiger partial charge in [0.25, 0.3) is 5.91 Å². The van der Waals surface area contributed by atoms with Crippen LogP contribution in [0.25, 0.3) is 5.76 Å². The smallest absolute Gasteiger partial charge is 0.354 e. The van der Waals surface area contributed by atoms with Gasteiger partial charge < -0.3 is 29.4 Å². The topological polar surface area (TPSA) is 116 Å². The fraction of sp³-hybridized carbons (Fsp3) is 0.400. The predicted molar refractivity (Wildman–Crippen MR) is 121 cm³/mol. The lowest BCUT2D eigenvalue weighted by Crippen LogP contribution is -3.14. The van der Waals surface area contributed by atoms with Crippen molar-refractivity contribution < 1.29 is 38.3 Å². The van der Waals surface area contributed by atoms with Crippen LogP contribution >= 0.6 is 0 Å². The minimum atomic E-state index is -0.959. The first kappa shape index (κ1) is 24.6. The highest BCUT2D eigenvalue weighted by Crippen LogP contribution is 2.39. The first-order valence-electron chi connectivity index (χ1n) is 11.5. The zero-order chi connectivity index (χ0) is 25.3. The predicted octanol–water partition coefficient (Wildman–Crippen LogP) is -0.304. The Bertz CT molecular complexity index is 1180. The second-order valence-electron chi connectivity index (χ2n) is 8.75. The maximum atomic E-state index is 13.8. The molecule has 1 aromatic heterocycles. The summed E-state index contributed by atoms with van der Waals surface area (Å²) in [7, 11) is 1.23. The van der Waals surface area contributed by atoms with Crippen molar-refractivity contribution in [3.8, 4) is 0 Å². The summed E-state index contributed by atoms with van der Waals surface area (Å²) in [6.07, 6.45) is 0. The van der Waals surface area contributed by atoms with Gasteiger partial charge in [-0.25, -0.2) is 9.18 Å². The summed E-state index contributed by atoms with van der Waals surface area (Å²) in [6.45, 7) is 6.82. The van der Waals surface area contributed by atoms with Crippen molar-refractivity contribution in [2.24, 2.45) is 0 Å². The van der Waals surface area contributed by atoms with Gasteiger partial charge in [-0.3, -0.25) is 9.59 Å². The molecule has 0 aliphatic carbocycles. The first-order valence-corrected chi connectivity index (χ1v) is 11.5. The fourth-order valence-electron chi connectivity index (χ4n) is 4.81. The molecule has 9 nitrogen and oxygen atoms in total. The van der Waals surface area contributed by atoms with E-state index in [0.29, 0.717) is 36.6 Å². The van der Waals surface area contributed by atoms with Crippen LogP contribution in [0.5, 0.6) is 0 Å². The quantitative estimate of drug-likeness (QED) is 0.251. The van der Waals surface area contributed by atoms with Crippen molar-refractivity contribution in [1.29, 1.82) is 0 Å². The molecule has 186 valence electrons. The van der Waals surface area contributed by atoms with Gasteiger partial charge in [0.2, 0.25) is 5.78 Å². The summed E-state index contributed by atoms with van der Waals surface area (Å²) in [4.78, 5) is 43.9. The lowest BCUT2D eigenvalue weighted by atomic mass is 9.94. The molecule has 2 aliphatic rings. The Morgan fingerprint density at radius 1 is 1.23 bits per heavy atom. The van der Waals surface area contributed by atoms with Gasteiger partial charge >= 0.3 is 5.97 Å². The molecular weight excluding hydrogens is 457 g/mol. The highest BCUT2D eigenvalue weighted by atomic mass is 19.1. The molecule has 2 aromatic rings. The number of aromatic amines is 1. The minimum absolute atomic E-state index is 0.108. The molecule has 1 atom stereocenters. The van der Waals surface area contributed by atoms with Gasteiger partial charge in [0.05, 0.1) is 39.5 Å². The van der Waals surface area contributed by atoms with E-state index >= 15 is 0 Å². The third-order valence-corrected chi connectivity index (χ3v) is 6.68. The molecule has 10 heteroatoms. The zero-order valence-corrected chi connectivity index (χ0v) is 19.9. The van der Waals surface area contributed by atoms with Gasteiger partial charge in [-0.05, 0) is 42.7 Å². The first-order chi connectivity index (χ1) is 16.7. The summed E-state index contributed by atoms with van der Waals surface area (Å²) in [5.74, 6) is -3.41. The van der Waals surface area contributed by atoms with Crippen LogP contribution in [-0.2, 0) is 19.1 Å². The number of esters is 1. The van der Waals surface area contributed by atoms with Gasteiger partial charge in [-0.1, -0.05) is 17.9 Å². The molecule has 3 heterocycles.